The molecule has 1 aliphatic heterocycles. The number of carbonyl (C=O) groups excluding carboxylic acids is 2. The first kappa shape index (κ1) is 20.5. The van der Waals surface area contributed by atoms with E-state index in [0.717, 1.165) is 41.1 Å². The lowest BCUT2D eigenvalue weighted by atomic mass is 10.1. The molecule has 1 heterocycles. The molecule has 2 aliphatic rings. The van der Waals surface area contributed by atoms with Crippen LogP contribution in [0.25, 0.3) is 0 Å². The molecule has 156 valence electrons. The van der Waals surface area contributed by atoms with Crippen LogP contribution in [0.2, 0.25) is 0 Å². The van der Waals surface area contributed by atoms with Gasteiger partial charge < -0.3 is 10.1 Å². The van der Waals surface area contributed by atoms with Crippen LogP contribution in [0.3, 0.4) is 0 Å². The molecule has 0 unspecified atom stereocenters. The van der Waals surface area contributed by atoms with Crippen molar-refractivity contribution in [3.63, 3.8) is 0 Å². The molecule has 1 atom stereocenters. The van der Waals surface area contributed by atoms with Gasteiger partial charge in [0.05, 0.1) is 12.8 Å². The monoisotopic (exact) mass is 423 g/mol. The Labute approximate surface area is 180 Å². The van der Waals surface area contributed by atoms with Crippen LogP contribution in [0, 0.1) is 13.8 Å². The number of carbonyl (C=O) groups is 2. The highest BCUT2D eigenvalue weighted by molar-refractivity contribution is 8.15. The molecule has 4 rings (SSSR count). The van der Waals surface area contributed by atoms with Gasteiger partial charge >= 0.3 is 0 Å². The summed E-state index contributed by atoms with van der Waals surface area (Å²) in [5.41, 5.74) is 3.63. The van der Waals surface area contributed by atoms with Gasteiger partial charge in [0.15, 0.2) is 5.17 Å². The van der Waals surface area contributed by atoms with E-state index in [4.69, 9.17) is 9.73 Å². The summed E-state index contributed by atoms with van der Waals surface area (Å²) >= 11 is 1.38. The van der Waals surface area contributed by atoms with Gasteiger partial charge in [0.1, 0.15) is 11.0 Å². The third-order valence-electron chi connectivity index (χ3n) is 5.21. The number of hydrogen-bond donors (Lipinski definition) is 1. The Morgan fingerprint density at radius 3 is 2.60 bits per heavy atom. The van der Waals surface area contributed by atoms with Crippen LogP contribution in [0.5, 0.6) is 5.75 Å². The number of benzene rings is 2. The molecule has 2 aromatic carbocycles. The van der Waals surface area contributed by atoms with Crippen molar-refractivity contribution in [1.82, 2.24) is 4.90 Å². The summed E-state index contributed by atoms with van der Waals surface area (Å²) in [6, 6.07) is 13.6. The van der Waals surface area contributed by atoms with Crippen LogP contribution in [-0.4, -0.2) is 40.3 Å². The van der Waals surface area contributed by atoms with Crippen LogP contribution < -0.4 is 10.1 Å². The number of thioether (sulfide) groups is 1. The summed E-state index contributed by atoms with van der Waals surface area (Å²) in [7, 11) is 1.62. The number of anilines is 1. The minimum atomic E-state index is -0.451. The smallest absolute Gasteiger partial charge is 0.242 e. The summed E-state index contributed by atoms with van der Waals surface area (Å²) < 4.78 is 5.19. The number of amidine groups is 1. The summed E-state index contributed by atoms with van der Waals surface area (Å²) in [6.07, 6.45) is 2.09. The number of nitrogens with one attached hydrogen (secondary N) is 1. The second-order valence-electron chi connectivity index (χ2n) is 7.71. The van der Waals surface area contributed by atoms with E-state index in [1.165, 1.54) is 11.8 Å². The van der Waals surface area contributed by atoms with E-state index in [2.05, 4.69) is 5.32 Å². The third-order valence-corrected chi connectivity index (χ3v) is 6.37. The Morgan fingerprint density at radius 1 is 1.20 bits per heavy atom. The van der Waals surface area contributed by atoms with E-state index in [9.17, 15) is 9.59 Å². The van der Waals surface area contributed by atoms with E-state index in [1.54, 1.807) is 12.0 Å². The van der Waals surface area contributed by atoms with Gasteiger partial charge in [-0.2, -0.15) is 0 Å². The van der Waals surface area contributed by atoms with Crippen LogP contribution in [0.15, 0.2) is 47.5 Å². The molecule has 1 N–H and O–H groups in total. The number of amides is 2. The van der Waals surface area contributed by atoms with E-state index >= 15 is 0 Å². The van der Waals surface area contributed by atoms with E-state index in [0.29, 0.717) is 5.17 Å². The zero-order valence-electron chi connectivity index (χ0n) is 17.3. The largest absolute Gasteiger partial charge is 0.497 e. The molecule has 1 saturated carbocycles. The fraction of sp³-hybridized carbons (Fsp3) is 0.348. The Balaban J connectivity index is 1.48. The summed E-state index contributed by atoms with van der Waals surface area (Å²) in [6.45, 7) is 3.94. The van der Waals surface area contributed by atoms with Gasteiger partial charge in [0, 0.05) is 18.2 Å². The van der Waals surface area contributed by atoms with Crippen LogP contribution in [0.1, 0.15) is 30.4 Å². The SMILES string of the molecule is COc1ccc(N=C2S[C@@H](CC(=O)Nc3cc(C)ccc3C)C(=O)N2C2CC2)cc1. The van der Waals surface area contributed by atoms with Crippen LogP contribution in [-0.2, 0) is 9.59 Å². The molecule has 6 nitrogen and oxygen atoms in total. The molecule has 2 aromatic rings. The van der Waals surface area contributed by atoms with Crippen LogP contribution >= 0.6 is 11.8 Å². The maximum absolute atomic E-state index is 13.0. The van der Waals surface area contributed by atoms with Crippen molar-refractivity contribution in [3.8, 4) is 5.75 Å². The molecule has 0 radical (unpaired) electrons. The first-order valence-corrected chi connectivity index (χ1v) is 10.9. The summed E-state index contributed by atoms with van der Waals surface area (Å²) in [5.74, 6) is 0.580. The Bertz CT molecular complexity index is 999. The fourth-order valence-corrected chi connectivity index (χ4v) is 4.58. The van der Waals surface area contributed by atoms with Crippen molar-refractivity contribution in [3.05, 3.63) is 53.6 Å². The zero-order chi connectivity index (χ0) is 21.3. The average molecular weight is 424 g/mol. The quantitative estimate of drug-likeness (QED) is 0.746. The first-order chi connectivity index (χ1) is 14.4. The predicted molar refractivity (Wildman–Crippen MR) is 120 cm³/mol. The molecule has 2 fully saturated rings. The second-order valence-corrected chi connectivity index (χ2v) is 8.88. The predicted octanol–water partition coefficient (Wildman–Crippen LogP) is 4.43. The third kappa shape index (κ3) is 4.51. The van der Waals surface area contributed by atoms with Crippen molar-refractivity contribution in [2.75, 3.05) is 12.4 Å². The van der Waals surface area contributed by atoms with Crippen molar-refractivity contribution in [1.29, 1.82) is 0 Å². The van der Waals surface area contributed by atoms with Crippen LogP contribution in [0.4, 0.5) is 11.4 Å². The van der Waals surface area contributed by atoms with Gasteiger partial charge in [0.2, 0.25) is 11.8 Å². The van der Waals surface area contributed by atoms with Gasteiger partial charge in [0.25, 0.3) is 0 Å². The standard InChI is InChI=1S/C23H25N3O3S/c1-14-4-5-15(2)19(12-14)25-21(27)13-20-22(28)26(17-8-9-17)23(30-20)24-16-6-10-18(29-3)11-7-16/h4-7,10-12,17,20H,8-9,13H2,1-3H3,(H,25,27)/t20-/m0/s1. The maximum Gasteiger partial charge on any atom is 0.242 e. The van der Waals surface area contributed by atoms with Gasteiger partial charge in [-0.15, -0.1) is 0 Å². The Morgan fingerprint density at radius 2 is 1.93 bits per heavy atom. The highest BCUT2D eigenvalue weighted by Crippen LogP contribution is 2.39. The number of ether oxygens (including phenoxy) is 1. The molecular formula is C23H25N3O3S. The van der Waals surface area contributed by atoms with Gasteiger partial charge in [-0.3, -0.25) is 14.5 Å². The molecule has 7 heteroatoms. The number of aliphatic imine (C=N–C) groups is 1. The average Bonchev–Trinajstić information content (AvgIpc) is 3.51. The molecule has 2 amide bonds. The number of methoxy groups -OCH3 is 1. The topological polar surface area (TPSA) is 71.0 Å². The van der Waals surface area contributed by atoms with Crippen molar-refractivity contribution in [2.45, 2.75) is 44.4 Å². The van der Waals surface area contributed by atoms with Crippen molar-refractivity contribution >= 4 is 40.1 Å². The normalized spacial score (nSPS) is 20.0. The van der Waals surface area contributed by atoms with E-state index in [-0.39, 0.29) is 24.3 Å². The molecule has 0 bridgehead atoms. The Kier molecular flexibility index (Phi) is 5.81. The maximum atomic E-state index is 13.0. The lowest BCUT2D eigenvalue weighted by Gasteiger charge is -2.15. The van der Waals surface area contributed by atoms with Gasteiger partial charge in [-0.05, 0) is 68.1 Å². The molecular weight excluding hydrogens is 398 g/mol. The number of rotatable bonds is 6. The van der Waals surface area contributed by atoms with Gasteiger partial charge in [-0.25, -0.2) is 4.99 Å². The highest BCUT2D eigenvalue weighted by Gasteiger charge is 2.46. The molecule has 1 saturated heterocycles. The van der Waals surface area contributed by atoms with Crippen molar-refractivity contribution in [2.24, 2.45) is 4.99 Å². The highest BCUT2D eigenvalue weighted by atomic mass is 32.2. The number of aryl methyl sites for hydroxylation is 2. The molecule has 0 spiro atoms. The van der Waals surface area contributed by atoms with Crippen molar-refractivity contribution < 1.29 is 14.3 Å². The minimum absolute atomic E-state index is 0.0223. The molecule has 1 aliphatic carbocycles. The number of hydrogen-bond acceptors (Lipinski definition) is 5. The number of nitrogens with zero attached hydrogens (tertiary/aromatic N) is 2. The molecule has 0 aromatic heterocycles. The second kappa shape index (κ2) is 8.52. The molecule has 30 heavy (non-hydrogen) atoms. The summed E-state index contributed by atoms with van der Waals surface area (Å²) in [5, 5.41) is 3.19. The summed E-state index contributed by atoms with van der Waals surface area (Å²) in [4.78, 5) is 32.2. The lowest BCUT2D eigenvalue weighted by molar-refractivity contribution is -0.128. The fourth-order valence-electron chi connectivity index (χ4n) is 3.37. The van der Waals surface area contributed by atoms with Gasteiger partial charge in [-0.1, -0.05) is 23.9 Å². The minimum Gasteiger partial charge on any atom is -0.497 e. The zero-order valence-corrected chi connectivity index (χ0v) is 18.2. The van der Waals surface area contributed by atoms with E-state index < -0.39 is 5.25 Å². The Hall–Kier alpha value is -2.80. The lowest BCUT2D eigenvalue weighted by Crippen LogP contribution is -2.35. The first-order valence-electron chi connectivity index (χ1n) is 10.0. The van der Waals surface area contributed by atoms with E-state index in [1.807, 2.05) is 56.3 Å².